The molecule has 1 aliphatic rings. The third kappa shape index (κ3) is 4.10. The van der Waals surface area contributed by atoms with Gasteiger partial charge >= 0.3 is 0 Å². The second-order valence-corrected chi connectivity index (χ2v) is 6.65. The van der Waals surface area contributed by atoms with Crippen molar-refractivity contribution in [1.82, 2.24) is 0 Å². The normalized spacial score (nSPS) is 14.8. The van der Waals surface area contributed by atoms with Gasteiger partial charge in [-0.15, -0.1) is 0 Å². The Morgan fingerprint density at radius 3 is 2.35 bits per heavy atom. The molecular formula is C21H26N2O3. The zero-order chi connectivity index (χ0) is 18.5. The van der Waals surface area contributed by atoms with Crippen LogP contribution in [0.15, 0.2) is 42.5 Å². The average molecular weight is 354 g/mol. The number of hydrogen-bond acceptors (Lipinski definition) is 4. The van der Waals surface area contributed by atoms with Gasteiger partial charge in [0, 0.05) is 30.8 Å². The fourth-order valence-electron chi connectivity index (χ4n) is 3.30. The van der Waals surface area contributed by atoms with Gasteiger partial charge in [-0.05, 0) is 44.0 Å². The summed E-state index contributed by atoms with van der Waals surface area (Å²) in [6.45, 7) is 3.86. The van der Waals surface area contributed by atoms with Crippen molar-refractivity contribution in [3.05, 3.63) is 48.0 Å². The van der Waals surface area contributed by atoms with Gasteiger partial charge in [-0.2, -0.15) is 0 Å². The molecule has 0 unspecified atom stereocenters. The van der Waals surface area contributed by atoms with Gasteiger partial charge < -0.3 is 19.7 Å². The minimum absolute atomic E-state index is 0.00704. The van der Waals surface area contributed by atoms with Crippen LogP contribution in [0.4, 0.5) is 11.4 Å². The number of ether oxygens (including phenoxy) is 2. The van der Waals surface area contributed by atoms with Crippen molar-refractivity contribution in [3.8, 4) is 11.5 Å². The van der Waals surface area contributed by atoms with Crippen LogP contribution in [-0.2, 0) is 4.79 Å². The predicted molar refractivity (Wildman–Crippen MR) is 104 cm³/mol. The summed E-state index contributed by atoms with van der Waals surface area (Å²) >= 11 is 0. The number of benzene rings is 2. The van der Waals surface area contributed by atoms with Gasteiger partial charge in [0.2, 0.25) is 5.91 Å². The Kier molecular flexibility index (Phi) is 5.66. The van der Waals surface area contributed by atoms with Gasteiger partial charge in [-0.1, -0.05) is 17.7 Å². The fourth-order valence-corrected chi connectivity index (χ4v) is 3.30. The molecule has 138 valence electrons. The van der Waals surface area contributed by atoms with Crippen molar-refractivity contribution < 1.29 is 14.3 Å². The summed E-state index contributed by atoms with van der Waals surface area (Å²) in [5, 5.41) is 3.01. The predicted octanol–water partition coefficient (Wildman–Crippen LogP) is 3.87. The molecule has 0 bridgehead atoms. The Hall–Kier alpha value is -2.69. The summed E-state index contributed by atoms with van der Waals surface area (Å²) < 4.78 is 10.6. The van der Waals surface area contributed by atoms with E-state index in [1.807, 2.05) is 6.07 Å². The van der Waals surface area contributed by atoms with Crippen LogP contribution in [0.5, 0.6) is 11.5 Å². The van der Waals surface area contributed by atoms with E-state index in [0.717, 1.165) is 25.9 Å². The highest BCUT2D eigenvalue weighted by molar-refractivity contribution is 5.94. The number of rotatable bonds is 5. The SMILES string of the molecule is COc1ccc(OC)c(NC(=O)C2CCN(c3ccc(C)cc3)CC2)c1. The quantitative estimate of drug-likeness (QED) is 0.886. The highest BCUT2D eigenvalue weighted by Gasteiger charge is 2.26. The summed E-state index contributed by atoms with van der Waals surface area (Å²) in [4.78, 5) is 15.0. The third-order valence-corrected chi connectivity index (χ3v) is 4.93. The first-order chi connectivity index (χ1) is 12.6. The molecular weight excluding hydrogens is 328 g/mol. The lowest BCUT2D eigenvalue weighted by Gasteiger charge is -2.33. The zero-order valence-corrected chi connectivity index (χ0v) is 15.6. The van der Waals surface area contributed by atoms with Crippen molar-refractivity contribution in [1.29, 1.82) is 0 Å². The van der Waals surface area contributed by atoms with Crippen LogP contribution in [0, 0.1) is 12.8 Å². The summed E-state index contributed by atoms with van der Waals surface area (Å²) in [6.07, 6.45) is 1.68. The smallest absolute Gasteiger partial charge is 0.227 e. The van der Waals surface area contributed by atoms with Crippen LogP contribution in [0.2, 0.25) is 0 Å². The van der Waals surface area contributed by atoms with Crippen molar-refractivity contribution >= 4 is 17.3 Å². The Balaban J connectivity index is 1.61. The number of nitrogens with one attached hydrogen (secondary N) is 1. The Labute approximate surface area is 154 Å². The minimum Gasteiger partial charge on any atom is -0.497 e. The first-order valence-electron chi connectivity index (χ1n) is 8.95. The van der Waals surface area contributed by atoms with Crippen LogP contribution in [-0.4, -0.2) is 33.2 Å². The van der Waals surface area contributed by atoms with Crippen LogP contribution < -0.4 is 19.7 Å². The van der Waals surface area contributed by atoms with Gasteiger partial charge in [-0.25, -0.2) is 0 Å². The number of anilines is 2. The maximum absolute atomic E-state index is 12.7. The molecule has 26 heavy (non-hydrogen) atoms. The molecule has 1 amide bonds. The standard InChI is InChI=1S/C21H26N2O3/c1-15-4-6-17(7-5-15)23-12-10-16(11-13-23)21(24)22-19-14-18(25-2)8-9-20(19)26-3/h4-9,14,16H,10-13H2,1-3H3,(H,22,24). The van der Waals surface area contributed by atoms with Crippen LogP contribution in [0.25, 0.3) is 0 Å². The molecule has 0 aromatic heterocycles. The molecule has 3 rings (SSSR count). The van der Waals surface area contributed by atoms with E-state index < -0.39 is 0 Å². The van der Waals surface area contributed by atoms with Gasteiger partial charge in [0.15, 0.2) is 0 Å². The second kappa shape index (κ2) is 8.13. The van der Waals surface area contributed by atoms with Crippen molar-refractivity contribution in [2.45, 2.75) is 19.8 Å². The molecule has 0 spiro atoms. The van der Waals surface area contributed by atoms with Crippen molar-refractivity contribution in [2.24, 2.45) is 5.92 Å². The molecule has 1 fully saturated rings. The van der Waals surface area contributed by atoms with E-state index >= 15 is 0 Å². The summed E-state index contributed by atoms with van der Waals surface area (Å²) in [5.41, 5.74) is 3.14. The number of amides is 1. The lowest BCUT2D eigenvalue weighted by molar-refractivity contribution is -0.120. The molecule has 1 aliphatic heterocycles. The molecule has 0 radical (unpaired) electrons. The van der Waals surface area contributed by atoms with E-state index in [9.17, 15) is 4.79 Å². The number of piperidine rings is 1. The lowest BCUT2D eigenvalue weighted by Crippen LogP contribution is -2.38. The molecule has 1 heterocycles. The Morgan fingerprint density at radius 1 is 1.04 bits per heavy atom. The average Bonchev–Trinajstić information content (AvgIpc) is 2.68. The molecule has 5 nitrogen and oxygen atoms in total. The summed E-state index contributed by atoms with van der Waals surface area (Å²) in [5.74, 6) is 1.37. The highest BCUT2D eigenvalue weighted by atomic mass is 16.5. The first-order valence-corrected chi connectivity index (χ1v) is 8.95. The summed E-state index contributed by atoms with van der Waals surface area (Å²) in [6, 6.07) is 14.0. The monoisotopic (exact) mass is 354 g/mol. The van der Waals surface area contributed by atoms with Gasteiger partial charge in [0.05, 0.1) is 19.9 Å². The van der Waals surface area contributed by atoms with Gasteiger partial charge in [-0.3, -0.25) is 4.79 Å². The number of carbonyl (C=O) groups is 1. The fraction of sp³-hybridized carbons (Fsp3) is 0.381. The van der Waals surface area contributed by atoms with Crippen molar-refractivity contribution in [2.75, 3.05) is 37.5 Å². The molecule has 2 aromatic carbocycles. The third-order valence-electron chi connectivity index (χ3n) is 4.93. The highest BCUT2D eigenvalue weighted by Crippen LogP contribution is 2.30. The lowest BCUT2D eigenvalue weighted by atomic mass is 9.95. The minimum atomic E-state index is 0.00704. The van der Waals surface area contributed by atoms with E-state index in [2.05, 4.69) is 41.4 Å². The molecule has 1 N–H and O–H groups in total. The van der Waals surface area contributed by atoms with Gasteiger partial charge in [0.25, 0.3) is 0 Å². The van der Waals surface area contributed by atoms with E-state index in [1.54, 1.807) is 26.4 Å². The first kappa shape index (κ1) is 18.1. The van der Waals surface area contributed by atoms with Crippen LogP contribution >= 0.6 is 0 Å². The van der Waals surface area contributed by atoms with Gasteiger partial charge in [0.1, 0.15) is 11.5 Å². The Bertz CT molecular complexity index is 750. The zero-order valence-electron chi connectivity index (χ0n) is 15.6. The van der Waals surface area contributed by atoms with Crippen LogP contribution in [0.1, 0.15) is 18.4 Å². The van der Waals surface area contributed by atoms with E-state index in [1.165, 1.54) is 11.3 Å². The Morgan fingerprint density at radius 2 is 1.73 bits per heavy atom. The number of aryl methyl sites for hydroxylation is 1. The molecule has 0 aliphatic carbocycles. The maximum atomic E-state index is 12.7. The molecule has 2 aromatic rings. The van der Waals surface area contributed by atoms with E-state index in [4.69, 9.17) is 9.47 Å². The number of carbonyl (C=O) groups excluding carboxylic acids is 1. The number of methoxy groups -OCH3 is 2. The molecule has 0 atom stereocenters. The largest absolute Gasteiger partial charge is 0.497 e. The maximum Gasteiger partial charge on any atom is 0.227 e. The number of nitrogens with zero attached hydrogens (tertiary/aromatic N) is 1. The van der Waals surface area contributed by atoms with E-state index in [0.29, 0.717) is 17.2 Å². The van der Waals surface area contributed by atoms with Crippen molar-refractivity contribution in [3.63, 3.8) is 0 Å². The number of hydrogen-bond donors (Lipinski definition) is 1. The van der Waals surface area contributed by atoms with Crippen LogP contribution in [0.3, 0.4) is 0 Å². The summed E-state index contributed by atoms with van der Waals surface area (Å²) in [7, 11) is 3.20. The molecule has 0 saturated carbocycles. The molecule has 1 saturated heterocycles. The van der Waals surface area contributed by atoms with E-state index in [-0.39, 0.29) is 11.8 Å². The topological polar surface area (TPSA) is 50.8 Å². The second-order valence-electron chi connectivity index (χ2n) is 6.65. The molecule has 5 heteroatoms.